The van der Waals surface area contributed by atoms with E-state index in [0.717, 1.165) is 0 Å². The molecule has 0 heterocycles. The normalized spacial score (nSPS) is 12.1. The number of ether oxygens (including phenoxy) is 2. The van der Waals surface area contributed by atoms with E-state index in [2.05, 4.69) is 5.16 Å². The highest BCUT2D eigenvalue weighted by molar-refractivity contribution is 5.82. The standard InChI is InChI=1S/C16H22N2O6/c1-15(2,3)23-14(19)16(4,5)24-17-10-11-7-12(18(20)21)9-13(8-11)22-6/h7-10H,1-6H3/b17-10+. The van der Waals surface area contributed by atoms with E-state index in [9.17, 15) is 14.9 Å². The first-order chi connectivity index (χ1) is 10.9. The van der Waals surface area contributed by atoms with Gasteiger partial charge in [0.2, 0.25) is 5.60 Å². The summed E-state index contributed by atoms with van der Waals surface area (Å²) in [4.78, 5) is 27.6. The first-order valence-electron chi connectivity index (χ1n) is 7.23. The highest BCUT2D eigenvalue weighted by Crippen LogP contribution is 2.22. The van der Waals surface area contributed by atoms with Gasteiger partial charge in [-0.15, -0.1) is 0 Å². The molecule has 1 rings (SSSR count). The minimum absolute atomic E-state index is 0.137. The molecule has 0 bridgehead atoms. The van der Waals surface area contributed by atoms with Gasteiger partial charge in [-0.3, -0.25) is 10.1 Å². The van der Waals surface area contributed by atoms with Gasteiger partial charge in [-0.25, -0.2) is 4.79 Å². The lowest BCUT2D eigenvalue weighted by Gasteiger charge is -2.26. The van der Waals surface area contributed by atoms with Crippen LogP contribution in [-0.4, -0.2) is 35.4 Å². The molecule has 0 spiro atoms. The lowest BCUT2D eigenvalue weighted by Crippen LogP contribution is -2.39. The Balaban J connectivity index is 2.88. The van der Waals surface area contributed by atoms with E-state index in [1.807, 2.05) is 0 Å². The summed E-state index contributed by atoms with van der Waals surface area (Å²) >= 11 is 0. The van der Waals surface area contributed by atoms with E-state index >= 15 is 0 Å². The van der Waals surface area contributed by atoms with E-state index in [-0.39, 0.29) is 5.69 Å². The van der Waals surface area contributed by atoms with E-state index < -0.39 is 22.1 Å². The Hall–Kier alpha value is -2.64. The van der Waals surface area contributed by atoms with Crippen molar-refractivity contribution >= 4 is 17.9 Å². The van der Waals surface area contributed by atoms with Crippen LogP contribution in [0.15, 0.2) is 23.4 Å². The van der Waals surface area contributed by atoms with Gasteiger partial charge in [0.15, 0.2) is 0 Å². The minimum atomic E-state index is -1.30. The molecule has 0 amide bonds. The molecule has 0 unspecified atom stereocenters. The maximum atomic E-state index is 12.0. The number of carbonyl (C=O) groups excluding carboxylic acids is 1. The monoisotopic (exact) mass is 338 g/mol. The number of oxime groups is 1. The summed E-state index contributed by atoms with van der Waals surface area (Å²) in [6.45, 7) is 8.29. The van der Waals surface area contributed by atoms with Crippen molar-refractivity contribution in [3.63, 3.8) is 0 Å². The van der Waals surface area contributed by atoms with Crippen molar-refractivity contribution in [2.24, 2.45) is 5.16 Å². The number of benzene rings is 1. The third-order valence-electron chi connectivity index (χ3n) is 2.73. The van der Waals surface area contributed by atoms with Gasteiger partial charge in [-0.2, -0.15) is 0 Å². The summed E-state index contributed by atoms with van der Waals surface area (Å²) in [6.07, 6.45) is 1.27. The fraction of sp³-hybridized carbons (Fsp3) is 0.500. The van der Waals surface area contributed by atoms with Crippen LogP contribution in [-0.2, 0) is 14.4 Å². The molecule has 0 aliphatic heterocycles. The number of esters is 1. The smallest absolute Gasteiger partial charge is 0.353 e. The Morgan fingerprint density at radius 2 is 1.83 bits per heavy atom. The summed E-state index contributed by atoms with van der Waals surface area (Å²) < 4.78 is 10.3. The van der Waals surface area contributed by atoms with Gasteiger partial charge in [0, 0.05) is 11.6 Å². The molecule has 8 nitrogen and oxygen atoms in total. The number of hydrogen-bond donors (Lipinski definition) is 0. The molecule has 0 aromatic heterocycles. The van der Waals surface area contributed by atoms with Crippen LogP contribution >= 0.6 is 0 Å². The van der Waals surface area contributed by atoms with Crippen LogP contribution in [0.25, 0.3) is 0 Å². The number of non-ortho nitro benzene ring substituents is 1. The quantitative estimate of drug-likeness (QED) is 0.342. The highest BCUT2D eigenvalue weighted by atomic mass is 16.7. The molecule has 1 aromatic rings. The van der Waals surface area contributed by atoms with Gasteiger partial charge in [-0.05, 0) is 40.7 Å². The summed E-state index contributed by atoms with van der Waals surface area (Å²) in [5.41, 5.74) is -1.67. The zero-order valence-electron chi connectivity index (χ0n) is 14.7. The predicted octanol–water partition coefficient (Wildman–Crippen LogP) is 3.07. The van der Waals surface area contributed by atoms with Crippen molar-refractivity contribution in [3.8, 4) is 5.75 Å². The Bertz CT molecular complexity index is 646. The minimum Gasteiger partial charge on any atom is -0.496 e. The van der Waals surface area contributed by atoms with Crippen molar-refractivity contribution in [3.05, 3.63) is 33.9 Å². The second-order valence-corrected chi connectivity index (χ2v) is 6.56. The number of rotatable bonds is 6. The van der Waals surface area contributed by atoms with Gasteiger partial charge >= 0.3 is 5.97 Å². The van der Waals surface area contributed by atoms with Crippen LogP contribution in [0, 0.1) is 10.1 Å². The first kappa shape index (κ1) is 19.4. The van der Waals surface area contributed by atoms with E-state index in [1.165, 1.54) is 39.3 Å². The molecule has 0 saturated heterocycles. The van der Waals surface area contributed by atoms with Crippen molar-refractivity contribution < 1.29 is 24.0 Å². The topological polar surface area (TPSA) is 100 Å². The number of nitro groups is 1. The molecule has 24 heavy (non-hydrogen) atoms. The Morgan fingerprint density at radius 1 is 1.21 bits per heavy atom. The first-order valence-corrected chi connectivity index (χ1v) is 7.23. The number of carbonyl (C=O) groups is 1. The largest absolute Gasteiger partial charge is 0.496 e. The number of nitrogens with zero attached hydrogens (tertiary/aromatic N) is 2. The fourth-order valence-electron chi connectivity index (χ4n) is 1.56. The Labute approximate surface area is 140 Å². The van der Waals surface area contributed by atoms with Crippen molar-refractivity contribution in [1.82, 2.24) is 0 Å². The Kier molecular flexibility index (Phi) is 5.89. The van der Waals surface area contributed by atoms with Crippen molar-refractivity contribution in [1.29, 1.82) is 0 Å². The van der Waals surface area contributed by atoms with Crippen LogP contribution in [0.2, 0.25) is 0 Å². The average Bonchev–Trinajstić information content (AvgIpc) is 2.44. The van der Waals surface area contributed by atoms with E-state index in [1.54, 1.807) is 26.8 Å². The average molecular weight is 338 g/mol. The molecule has 1 aromatic carbocycles. The summed E-state index contributed by atoms with van der Waals surface area (Å²) in [5.74, 6) is -0.249. The molecule has 0 radical (unpaired) electrons. The zero-order valence-corrected chi connectivity index (χ0v) is 14.7. The maximum absolute atomic E-state index is 12.0. The van der Waals surface area contributed by atoms with Crippen molar-refractivity contribution in [2.45, 2.75) is 45.8 Å². The van der Waals surface area contributed by atoms with Gasteiger partial charge in [0.25, 0.3) is 5.69 Å². The molecule has 0 aliphatic carbocycles. The second kappa shape index (κ2) is 7.29. The predicted molar refractivity (Wildman–Crippen MR) is 88.3 cm³/mol. The number of nitro benzene ring substituents is 1. The molecule has 132 valence electrons. The SMILES string of the molecule is COc1cc(/C=N/OC(C)(C)C(=O)OC(C)(C)C)cc([N+](=O)[O-])c1. The van der Waals surface area contributed by atoms with E-state index in [4.69, 9.17) is 14.3 Å². The fourth-order valence-corrected chi connectivity index (χ4v) is 1.56. The van der Waals surface area contributed by atoms with Gasteiger partial charge in [0.1, 0.15) is 11.4 Å². The summed E-state index contributed by atoms with van der Waals surface area (Å²) in [5, 5.41) is 14.6. The van der Waals surface area contributed by atoms with E-state index in [0.29, 0.717) is 11.3 Å². The lowest BCUT2D eigenvalue weighted by molar-refractivity contribution is -0.384. The molecule has 0 aliphatic rings. The molecular weight excluding hydrogens is 316 g/mol. The molecule has 8 heteroatoms. The molecule has 0 saturated carbocycles. The molecule has 0 fully saturated rings. The van der Waals surface area contributed by atoms with Crippen LogP contribution < -0.4 is 4.74 Å². The second-order valence-electron chi connectivity index (χ2n) is 6.56. The summed E-state index contributed by atoms with van der Waals surface area (Å²) in [6, 6.07) is 4.17. The molecular formula is C16H22N2O6. The summed E-state index contributed by atoms with van der Waals surface area (Å²) in [7, 11) is 1.40. The van der Waals surface area contributed by atoms with Gasteiger partial charge in [-0.1, -0.05) is 5.16 Å². The third-order valence-corrected chi connectivity index (χ3v) is 2.73. The van der Waals surface area contributed by atoms with Crippen molar-refractivity contribution in [2.75, 3.05) is 7.11 Å². The van der Waals surface area contributed by atoms with Crippen LogP contribution in [0.1, 0.15) is 40.2 Å². The van der Waals surface area contributed by atoms with Crippen LogP contribution in [0.5, 0.6) is 5.75 Å². The Morgan fingerprint density at radius 3 is 2.33 bits per heavy atom. The molecule has 0 atom stereocenters. The molecule has 0 N–H and O–H groups in total. The zero-order chi connectivity index (χ0) is 18.5. The number of hydrogen-bond acceptors (Lipinski definition) is 7. The van der Waals surface area contributed by atoms with Gasteiger partial charge in [0.05, 0.1) is 24.3 Å². The maximum Gasteiger partial charge on any atom is 0.353 e. The van der Waals surface area contributed by atoms with Gasteiger partial charge < -0.3 is 14.3 Å². The van der Waals surface area contributed by atoms with Crippen LogP contribution in [0.4, 0.5) is 5.69 Å². The third kappa shape index (κ3) is 5.86. The highest BCUT2D eigenvalue weighted by Gasteiger charge is 2.35. The van der Waals surface area contributed by atoms with Crippen LogP contribution in [0.3, 0.4) is 0 Å². The lowest BCUT2D eigenvalue weighted by atomic mass is 10.1. The number of methoxy groups -OCH3 is 1.